The van der Waals surface area contributed by atoms with Crippen molar-refractivity contribution in [2.24, 2.45) is 0 Å². The van der Waals surface area contributed by atoms with Gasteiger partial charge in [0.1, 0.15) is 11.4 Å². The first-order chi connectivity index (χ1) is 14.2. The SMILES string of the molecule is CN(C)CCCN(C)C(=O)c1cc(N(C)C(=O)c2cc(NC(=O)CCCl)c[nH]2)c[nH]1. The van der Waals surface area contributed by atoms with Crippen molar-refractivity contribution in [1.82, 2.24) is 19.8 Å². The van der Waals surface area contributed by atoms with Crippen LogP contribution in [-0.2, 0) is 4.79 Å². The van der Waals surface area contributed by atoms with Crippen LogP contribution in [0, 0.1) is 0 Å². The van der Waals surface area contributed by atoms with Crippen LogP contribution < -0.4 is 10.2 Å². The number of halogens is 1. The third-order valence-corrected chi connectivity index (χ3v) is 4.74. The van der Waals surface area contributed by atoms with E-state index in [4.69, 9.17) is 11.6 Å². The summed E-state index contributed by atoms with van der Waals surface area (Å²) in [6.07, 6.45) is 4.23. The molecule has 0 aliphatic heterocycles. The zero-order valence-corrected chi connectivity index (χ0v) is 18.5. The van der Waals surface area contributed by atoms with Crippen molar-refractivity contribution in [3.05, 3.63) is 35.9 Å². The highest BCUT2D eigenvalue weighted by Gasteiger charge is 2.20. The number of hydrogen-bond acceptors (Lipinski definition) is 4. The molecule has 2 rings (SSSR count). The highest BCUT2D eigenvalue weighted by molar-refractivity contribution is 6.19. The lowest BCUT2D eigenvalue weighted by Crippen LogP contribution is -2.30. The van der Waals surface area contributed by atoms with Gasteiger partial charge < -0.3 is 30.0 Å². The number of H-pyrrole nitrogens is 2. The predicted molar refractivity (Wildman–Crippen MR) is 118 cm³/mol. The van der Waals surface area contributed by atoms with Gasteiger partial charge in [0.2, 0.25) is 5.91 Å². The molecule has 0 atom stereocenters. The number of alkyl halides is 1. The van der Waals surface area contributed by atoms with E-state index in [0.29, 0.717) is 29.3 Å². The van der Waals surface area contributed by atoms with Gasteiger partial charge in [-0.3, -0.25) is 14.4 Å². The lowest BCUT2D eigenvalue weighted by molar-refractivity contribution is -0.115. The van der Waals surface area contributed by atoms with Crippen LogP contribution in [0.3, 0.4) is 0 Å². The summed E-state index contributed by atoms with van der Waals surface area (Å²) in [4.78, 5) is 47.9. The van der Waals surface area contributed by atoms with E-state index >= 15 is 0 Å². The molecule has 0 spiro atoms. The van der Waals surface area contributed by atoms with Crippen LogP contribution in [0.25, 0.3) is 0 Å². The molecule has 2 aromatic rings. The topological polar surface area (TPSA) is 105 Å². The largest absolute Gasteiger partial charge is 0.355 e. The van der Waals surface area contributed by atoms with Crippen molar-refractivity contribution in [3.63, 3.8) is 0 Å². The Kier molecular flexibility index (Phi) is 8.49. The Labute approximate surface area is 181 Å². The first kappa shape index (κ1) is 23.5. The van der Waals surface area contributed by atoms with Gasteiger partial charge in [0.05, 0.1) is 11.4 Å². The van der Waals surface area contributed by atoms with E-state index in [1.807, 2.05) is 14.1 Å². The number of amides is 3. The third kappa shape index (κ3) is 6.36. The fourth-order valence-electron chi connectivity index (χ4n) is 2.83. The second kappa shape index (κ2) is 10.8. The van der Waals surface area contributed by atoms with Gasteiger partial charge in [-0.05, 0) is 39.2 Å². The molecule has 0 radical (unpaired) electrons. The highest BCUT2D eigenvalue weighted by atomic mass is 35.5. The molecular formula is C20H29ClN6O3. The molecule has 30 heavy (non-hydrogen) atoms. The molecular weight excluding hydrogens is 408 g/mol. The lowest BCUT2D eigenvalue weighted by atomic mass is 10.3. The average molecular weight is 437 g/mol. The Hall–Kier alpha value is -2.78. The van der Waals surface area contributed by atoms with Crippen LogP contribution >= 0.6 is 11.6 Å². The normalized spacial score (nSPS) is 10.9. The van der Waals surface area contributed by atoms with Gasteiger partial charge >= 0.3 is 0 Å². The van der Waals surface area contributed by atoms with Crippen LogP contribution in [0.1, 0.15) is 33.8 Å². The number of nitrogens with one attached hydrogen (secondary N) is 3. The summed E-state index contributed by atoms with van der Waals surface area (Å²) in [5.41, 5.74) is 1.78. The smallest absolute Gasteiger partial charge is 0.274 e. The minimum Gasteiger partial charge on any atom is -0.355 e. The zero-order chi connectivity index (χ0) is 22.3. The molecule has 2 aromatic heterocycles. The van der Waals surface area contributed by atoms with Gasteiger partial charge in [0.15, 0.2) is 0 Å². The summed E-state index contributed by atoms with van der Waals surface area (Å²) in [6.45, 7) is 1.54. The van der Waals surface area contributed by atoms with Crippen molar-refractivity contribution >= 4 is 40.7 Å². The van der Waals surface area contributed by atoms with E-state index in [1.165, 1.54) is 4.90 Å². The molecule has 10 heteroatoms. The maximum Gasteiger partial charge on any atom is 0.274 e. The molecule has 164 valence electrons. The quantitative estimate of drug-likeness (QED) is 0.496. The molecule has 3 N–H and O–H groups in total. The Balaban J connectivity index is 1.99. The van der Waals surface area contributed by atoms with Crippen LogP contribution in [-0.4, -0.2) is 84.6 Å². The third-order valence-electron chi connectivity index (χ3n) is 4.55. The minimum absolute atomic E-state index is 0.134. The molecule has 0 fully saturated rings. The van der Waals surface area contributed by atoms with Crippen molar-refractivity contribution < 1.29 is 14.4 Å². The van der Waals surface area contributed by atoms with Crippen LogP contribution in [0.15, 0.2) is 24.5 Å². The van der Waals surface area contributed by atoms with Crippen molar-refractivity contribution in [3.8, 4) is 0 Å². The first-order valence-electron chi connectivity index (χ1n) is 9.63. The lowest BCUT2D eigenvalue weighted by Gasteiger charge is -2.18. The van der Waals surface area contributed by atoms with E-state index in [1.54, 1.807) is 43.5 Å². The van der Waals surface area contributed by atoms with E-state index in [0.717, 1.165) is 13.0 Å². The summed E-state index contributed by atoms with van der Waals surface area (Å²) in [5.74, 6) is -0.431. The monoisotopic (exact) mass is 436 g/mol. The van der Waals surface area contributed by atoms with Crippen molar-refractivity contribution in [2.75, 3.05) is 57.4 Å². The summed E-state index contributed by atoms with van der Waals surface area (Å²) < 4.78 is 0. The van der Waals surface area contributed by atoms with Gasteiger partial charge in [-0.2, -0.15) is 0 Å². The van der Waals surface area contributed by atoms with Crippen LogP contribution in [0.2, 0.25) is 0 Å². The van der Waals surface area contributed by atoms with Crippen LogP contribution in [0.5, 0.6) is 0 Å². The van der Waals surface area contributed by atoms with Gasteiger partial charge in [0, 0.05) is 45.3 Å². The minimum atomic E-state index is -0.301. The zero-order valence-electron chi connectivity index (χ0n) is 17.8. The summed E-state index contributed by atoms with van der Waals surface area (Å²) in [7, 11) is 7.36. The van der Waals surface area contributed by atoms with Crippen molar-refractivity contribution in [1.29, 1.82) is 0 Å². The van der Waals surface area contributed by atoms with E-state index < -0.39 is 0 Å². The molecule has 0 aliphatic rings. The number of hydrogen-bond donors (Lipinski definition) is 3. The van der Waals surface area contributed by atoms with Gasteiger partial charge in [-0.25, -0.2) is 0 Å². The van der Waals surface area contributed by atoms with E-state index in [-0.39, 0.29) is 30.0 Å². The maximum absolute atomic E-state index is 12.7. The molecule has 0 saturated heterocycles. The highest BCUT2D eigenvalue weighted by Crippen LogP contribution is 2.19. The van der Waals surface area contributed by atoms with Crippen LogP contribution in [0.4, 0.5) is 11.4 Å². The second-order valence-corrected chi connectivity index (χ2v) is 7.69. The van der Waals surface area contributed by atoms with Gasteiger partial charge in [0.25, 0.3) is 11.8 Å². The summed E-state index contributed by atoms with van der Waals surface area (Å²) >= 11 is 5.55. The molecule has 9 nitrogen and oxygen atoms in total. The van der Waals surface area contributed by atoms with E-state index in [2.05, 4.69) is 20.2 Å². The summed E-state index contributed by atoms with van der Waals surface area (Å²) in [5, 5.41) is 2.67. The Morgan fingerprint density at radius 3 is 2.30 bits per heavy atom. The number of nitrogens with zero attached hydrogens (tertiary/aromatic N) is 3. The average Bonchev–Trinajstić information content (AvgIpc) is 3.36. The Morgan fingerprint density at radius 1 is 0.967 bits per heavy atom. The maximum atomic E-state index is 12.7. The first-order valence-corrected chi connectivity index (χ1v) is 10.2. The summed E-state index contributed by atoms with van der Waals surface area (Å²) in [6, 6.07) is 3.21. The molecule has 2 heterocycles. The standard InChI is InChI=1S/C20H29ClN6O3/c1-25(2)8-5-9-26(3)19(29)17-11-15(13-23-17)27(4)20(30)16-10-14(12-22-16)24-18(28)6-7-21/h10-13,22-23H,5-9H2,1-4H3,(H,24,28). The van der Waals surface area contributed by atoms with E-state index in [9.17, 15) is 14.4 Å². The number of carbonyl (C=O) groups is 3. The Bertz CT molecular complexity index is 876. The molecule has 0 saturated carbocycles. The number of carbonyl (C=O) groups excluding carboxylic acids is 3. The predicted octanol–water partition coefficient (Wildman–Crippen LogP) is 2.21. The molecule has 0 aromatic carbocycles. The fraction of sp³-hybridized carbons (Fsp3) is 0.450. The Morgan fingerprint density at radius 2 is 1.63 bits per heavy atom. The molecule has 0 unspecified atom stereocenters. The van der Waals surface area contributed by atoms with Crippen molar-refractivity contribution in [2.45, 2.75) is 12.8 Å². The fourth-order valence-corrected chi connectivity index (χ4v) is 3.00. The molecule has 0 bridgehead atoms. The van der Waals surface area contributed by atoms with Gasteiger partial charge in [-0.1, -0.05) is 0 Å². The number of anilines is 2. The van der Waals surface area contributed by atoms with Gasteiger partial charge in [-0.15, -0.1) is 11.6 Å². The second-order valence-electron chi connectivity index (χ2n) is 7.31. The molecule has 3 amide bonds. The molecule has 0 aliphatic carbocycles. The number of aromatic nitrogens is 2. The number of aromatic amines is 2. The number of rotatable bonds is 10.